The molecule has 124 valence electrons. The molecule has 0 amide bonds. The zero-order valence-electron chi connectivity index (χ0n) is 14.0. The number of halogens is 1. The van der Waals surface area contributed by atoms with Gasteiger partial charge in [-0.1, -0.05) is 38.1 Å². The number of rotatable bonds is 8. The minimum absolute atomic E-state index is 0.406. The molecule has 2 nitrogen and oxygen atoms in total. The maximum atomic E-state index is 5.88. The Morgan fingerprint density at radius 1 is 1.09 bits per heavy atom. The van der Waals surface area contributed by atoms with Crippen LogP contribution in [0.2, 0.25) is 0 Å². The first-order chi connectivity index (χ1) is 11.2. The van der Waals surface area contributed by atoms with E-state index in [2.05, 4.69) is 78.9 Å². The lowest BCUT2D eigenvalue weighted by Gasteiger charge is -2.25. The summed E-state index contributed by atoms with van der Waals surface area (Å²) in [6.07, 6.45) is 2.01. The Bertz CT molecular complexity index is 597. The predicted octanol–water partition coefficient (Wildman–Crippen LogP) is 5.32. The number of benzene rings is 2. The second-order valence-electron chi connectivity index (χ2n) is 5.95. The highest BCUT2D eigenvalue weighted by Gasteiger charge is 2.20. The summed E-state index contributed by atoms with van der Waals surface area (Å²) in [6.45, 7) is 5.88. The van der Waals surface area contributed by atoms with Crippen LogP contribution >= 0.6 is 22.6 Å². The molecule has 0 saturated carbocycles. The van der Waals surface area contributed by atoms with Gasteiger partial charge in [0.2, 0.25) is 0 Å². The molecule has 2 rings (SSSR count). The first-order valence-corrected chi connectivity index (χ1v) is 9.41. The molecule has 2 aromatic carbocycles. The van der Waals surface area contributed by atoms with Crippen molar-refractivity contribution >= 4 is 22.6 Å². The van der Waals surface area contributed by atoms with Crippen molar-refractivity contribution in [3.63, 3.8) is 0 Å². The Hall–Kier alpha value is -1.07. The van der Waals surface area contributed by atoms with E-state index in [-0.39, 0.29) is 0 Å². The molecule has 2 unspecified atom stereocenters. The molecule has 2 atom stereocenters. The third kappa shape index (κ3) is 5.21. The van der Waals surface area contributed by atoms with Gasteiger partial charge >= 0.3 is 0 Å². The summed E-state index contributed by atoms with van der Waals surface area (Å²) in [6, 6.07) is 17.3. The van der Waals surface area contributed by atoms with Crippen molar-refractivity contribution in [3.05, 3.63) is 63.2 Å². The van der Waals surface area contributed by atoms with Crippen molar-refractivity contribution < 1.29 is 4.74 Å². The third-order valence-corrected chi connectivity index (χ3v) is 4.96. The molecule has 0 aromatic heterocycles. The van der Waals surface area contributed by atoms with E-state index in [9.17, 15) is 0 Å². The Morgan fingerprint density at radius 3 is 2.48 bits per heavy atom. The fraction of sp³-hybridized carbons (Fsp3) is 0.400. The molecule has 0 radical (unpaired) electrons. The van der Waals surface area contributed by atoms with Gasteiger partial charge in [-0.25, -0.2) is 0 Å². The first-order valence-electron chi connectivity index (χ1n) is 8.34. The van der Waals surface area contributed by atoms with Gasteiger partial charge in [0, 0.05) is 3.57 Å². The van der Waals surface area contributed by atoms with E-state index in [0.29, 0.717) is 18.4 Å². The molecule has 0 saturated heterocycles. The molecule has 0 aliphatic heterocycles. The minimum atomic E-state index is 0.406. The van der Waals surface area contributed by atoms with E-state index < -0.39 is 0 Å². The van der Waals surface area contributed by atoms with Crippen LogP contribution in [-0.2, 0) is 0 Å². The molecule has 3 heteroatoms. The molecule has 0 aliphatic carbocycles. The van der Waals surface area contributed by atoms with Crippen LogP contribution in [-0.4, -0.2) is 13.2 Å². The standard InChI is InChI=1S/C20H26INO/c1-3-13-23-19-6-4-5-17(14-19)15(2)20(11-12-22)16-7-9-18(21)10-8-16/h4-10,14-15,20H,3,11-13,22H2,1-2H3. The normalized spacial score (nSPS) is 13.6. The molecule has 0 fully saturated rings. The third-order valence-electron chi connectivity index (χ3n) is 4.24. The molecule has 0 spiro atoms. The van der Waals surface area contributed by atoms with Gasteiger partial charge in [-0.15, -0.1) is 0 Å². The van der Waals surface area contributed by atoms with Crippen LogP contribution in [0.1, 0.15) is 49.7 Å². The van der Waals surface area contributed by atoms with E-state index in [1.807, 2.05) is 6.07 Å². The van der Waals surface area contributed by atoms with E-state index in [1.165, 1.54) is 14.7 Å². The lowest BCUT2D eigenvalue weighted by atomic mass is 9.80. The summed E-state index contributed by atoms with van der Waals surface area (Å²) in [7, 11) is 0. The van der Waals surface area contributed by atoms with Crippen molar-refractivity contribution in [2.75, 3.05) is 13.2 Å². The van der Waals surface area contributed by atoms with Crippen LogP contribution in [0.5, 0.6) is 5.75 Å². The number of hydrogen-bond acceptors (Lipinski definition) is 2. The molecule has 2 aromatic rings. The van der Waals surface area contributed by atoms with E-state index in [4.69, 9.17) is 10.5 Å². The monoisotopic (exact) mass is 423 g/mol. The highest BCUT2D eigenvalue weighted by molar-refractivity contribution is 14.1. The van der Waals surface area contributed by atoms with Crippen molar-refractivity contribution in [1.82, 2.24) is 0 Å². The van der Waals surface area contributed by atoms with Gasteiger partial charge in [0.15, 0.2) is 0 Å². The average Bonchev–Trinajstić information content (AvgIpc) is 2.58. The maximum Gasteiger partial charge on any atom is 0.119 e. The lowest BCUT2D eigenvalue weighted by molar-refractivity contribution is 0.317. The lowest BCUT2D eigenvalue weighted by Crippen LogP contribution is -2.14. The van der Waals surface area contributed by atoms with Crippen LogP contribution < -0.4 is 10.5 Å². The van der Waals surface area contributed by atoms with Gasteiger partial charge in [0.05, 0.1) is 6.61 Å². The maximum absolute atomic E-state index is 5.88. The Labute approximate surface area is 153 Å². The van der Waals surface area contributed by atoms with E-state index in [0.717, 1.165) is 25.2 Å². The largest absolute Gasteiger partial charge is 0.494 e. The molecular formula is C20H26INO. The molecule has 0 heterocycles. The van der Waals surface area contributed by atoms with Crippen LogP contribution in [0.4, 0.5) is 0 Å². The second kappa shape index (κ2) is 9.28. The van der Waals surface area contributed by atoms with Gasteiger partial charge in [0.1, 0.15) is 5.75 Å². The minimum Gasteiger partial charge on any atom is -0.494 e. The van der Waals surface area contributed by atoms with Gasteiger partial charge < -0.3 is 10.5 Å². The first kappa shape index (κ1) is 18.3. The fourth-order valence-corrected chi connectivity index (χ4v) is 3.29. The summed E-state index contributed by atoms with van der Waals surface area (Å²) in [5.74, 6) is 1.80. The molecule has 2 N–H and O–H groups in total. The average molecular weight is 423 g/mol. The van der Waals surface area contributed by atoms with Gasteiger partial charge in [-0.3, -0.25) is 0 Å². The summed E-state index contributed by atoms with van der Waals surface area (Å²) in [5.41, 5.74) is 8.56. The van der Waals surface area contributed by atoms with E-state index in [1.54, 1.807) is 0 Å². The van der Waals surface area contributed by atoms with Crippen molar-refractivity contribution in [1.29, 1.82) is 0 Å². The SMILES string of the molecule is CCCOc1cccc(C(C)C(CCN)c2ccc(I)cc2)c1. The molecule has 23 heavy (non-hydrogen) atoms. The Kier molecular flexibility index (Phi) is 7.37. The van der Waals surface area contributed by atoms with Crippen LogP contribution in [0.15, 0.2) is 48.5 Å². The summed E-state index contributed by atoms with van der Waals surface area (Å²) >= 11 is 2.35. The highest BCUT2D eigenvalue weighted by atomic mass is 127. The zero-order valence-corrected chi connectivity index (χ0v) is 16.1. The van der Waals surface area contributed by atoms with Gasteiger partial charge in [0.25, 0.3) is 0 Å². The molecule has 0 bridgehead atoms. The number of nitrogens with two attached hydrogens (primary N) is 1. The predicted molar refractivity (Wildman–Crippen MR) is 106 cm³/mol. The molecule has 0 aliphatic rings. The molecular weight excluding hydrogens is 397 g/mol. The summed E-state index contributed by atoms with van der Waals surface area (Å²) in [4.78, 5) is 0. The summed E-state index contributed by atoms with van der Waals surface area (Å²) in [5, 5.41) is 0. The van der Waals surface area contributed by atoms with Crippen molar-refractivity contribution in [3.8, 4) is 5.75 Å². The Morgan fingerprint density at radius 2 is 1.83 bits per heavy atom. The van der Waals surface area contributed by atoms with E-state index >= 15 is 0 Å². The highest BCUT2D eigenvalue weighted by Crippen LogP contribution is 2.36. The number of ether oxygens (including phenoxy) is 1. The number of hydrogen-bond donors (Lipinski definition) is 1. The van der Waals surface area contributed by atoms with Crippen LogP contribution in [0, 0.1) is 3.57 Å². The van der Waals surface area contributed by atoms with Crippen LogP contribution in [0.25, 0.3) is 0 Å². The fourth-order valence-electron chi connectivity index (χ4n) is 2.93. The van der Waals surface area contributed by atoms with Gasteiger partial charge in [-0.2, -0.15) is 0 Å². The van der Waals surface area contributed by atoms with Gasteiger partial charge in [-0.05, 0) is 89.2 Å². The zero-order chi connectivity index (χ0) is 16.7. The van der Waals surface area contributed by atoms with Crippen molar-refractivity contribution in [2.24, 2.45) is 5.73 Å². The quantitative estimate of drug-likeness (QED) is 0.584. The second-order valence-corrected chi connectivity index (χ2v) is 7.19. The van der Waals surface area contributed by atoms with Crippen LogP contribution in [0.3, 0.4) is 0 Å². The summed E-state index contributed by atoms with van der Waals surface area (Å²) < 4.78 is 7.05. The van der Waals surface area contributed by atoms with Crippen molar-refractivity contribution in [2.45, 2.75) is 38.5 Å². The smallest absolute Gasteiger partial charge is 0.119 e. The topological polar surface area (TPSA) is 35.2 Å². The Balaban J connectivity index is 2.23.